The third-order valence-corrected chi connectivity index (χ3v) is 7.26. The topological polar surface area (TPSA) is 131 Å². The maximum absolute atomic E-state index is 13.5. The molecular weight excluding hydrogens is 455 g/mol. The minimum atomic E-state index is -3.75. The smallest absolute Gasteiger partial charge is 0.408 e. The van der Waals surface area contributed by atoms with Crippen molar-refractivity contribution >= 4 is 21.8 Å². The maximum atomic E-state index is 13.5. The number of carbonyl (C=O) groups excluding carboxylic acids is 2. The number of amides is 2. The number of halogens is 1. The van der Waals surface area contributed by atoms with Crippen molar-refractivity contribution in [2.45, 2.75) is 80.6 Å². The van der Waals surface area contributed by atoms with Crippen molar-refractivity contribution in [2.75, 3.05) is 12.9 Å². The van der Waals surface area contributed by atoms with E-state index in [1.165, 1.54) is 6.07 Å². The number of ether oxygens (including phenoxy) is 2. The van der Waals surface area contributed by atoms with E-state index in [4.69, 9.17) is 9.47 Å². The predicted octanol–water partition coefficient (Wildman–Crippen LogP) is 2.07. The van der Waals surface area contributed by atoms with E-state index >= 15 is 0 Å². The minimum Gasteiger partial charge on any atom is -0.482 e. The van der Waals surface area contributed by atoms with Crippen LogP contribution in [0, 0.1) is 5.82 Å². The highest BCUT2D eigenvalue weighted by molar-refractivity contribution is 7.90. The van der Waals surface area contributed by atoms with Gasteiger partial charge in [0.2, 0.25) is 0 Å². The Morgan fingerprint density at radius 2 is 1.82 bits per heavy atom. The largest absolute Gasteiger partial charge is 0.482 e. The van der Waals surface area contributed by atoms with E-state index in [2.05, 4.69) is 10.6 Å². The number of nitrogens with one attached hydrogen (secondary N) is 2. The van der Waals surface area contributed by atoms with E-state index in [1.54, 1.807) is 20.8 Å². The summed E-state index contributed by atoms with van der Waals surface area (Å²) in [5.41, 5.74) is -2.11. The summed E-state index contributed by atoms with van der Waals surface area (Å²) < 4.78 is 47.9. The van der Waals surface area contributed by atoms with Gasteiger partial charge in [0, 0.05) is 11.8 Å². The van der Waals surface area contributed by atoms with E-state index in [0.29, 0.717) is 25.7 Å². The average molecular weight is 487 g/mol. The zero-order chi connectivity index (χ0) is 24.7. The zero-order valence-electron chi connectivity index (χ0n) is 19.2. The summed E-state index contributed by atoms with van der Waals surface area (Å²) in [5, 5.41) is 16.5. The molecule has 2 bridgehead atoms. The van der Waals surface area contributed by atoms with Crippen LogP contribution in [0.15, 0.2) is 23.1 Å². The minimum absolute atomic E-state index is 0.112. The van der Waals surface area contributed by atoms with E-state index in [-0.39, 0.29) is 17.1 Å². The Hall–Kier alpha value is -2.40. The molecule has 9 nitrogen and oxygen atoms in total. The summed E-state index contributed by atoms with van der Waals surface area (Å²) in [6, 6.07) is 3.06. The summed E-state index contributed by atoms with van der Waals surface area (Å²) in [4.78, 5) is 24.5. The summed E-state index contributed by atoms with van der Waals surface area (Å²) in [7, 11) is -3.75. The van der Waals surface area contributed by atoms with Crippen molar-refractivity contribution in [3.63, 3.8) is 0 Å². The third-order valence-electron chi connectivity index (χ3n) is 6.14. The molecule has 2 amide bonds. The average Bonchev–Trinajstić information content (AvgIpc) is 2.66. The first-order valence-electron chi connectivity index (χ1n) is 10.8. The Kier molecular flexibility index (Phi) is 6.69. The number of aliphatic hydroxyl groups excluding tert-OH is 1. The van der Waals surface area contributed by atoms with Crippen molar-refractivity contribution in [1.82, 2.24) is 10.6 Å². The van der Waals surface area contributed by atoms with Crippen LogP contribution >= 0.6 is 0 Å². The van der Waals surface area contributed by atoms with Gasteiger partial charge in [-0.25, -0.2) is 17.6 Å². The fourth-order valence-corrected chi connectivity index (χ4v) is 5.35. The van der Waals surface area contributed by atoms with Crippen LogP contribution in [0.4, 0.5) is 9.18 Å². The number of fused-ring (bicyclic) bond motifs is 3. The molecule has 3 N–H and O–H groups in total. The molecule has 11 heteroatoms. The quantitative estimate of drug-likeness (QED) is 0.561. The number of hydrogen-bond donors (Lipinski definition) is 3. The number of sulfone groups is 1. The summed E-state index contributed by atoms with van der Waals surface area (Å²) in [6.45, 7) is 4.81. The van der Waals surface area contributed by atoms with Gasteiger partial charge in [0.05, 0.1) is 11.6 Å². The summed E-state index contributed by atoms with van der Waals surface area (Å²) >= 11 is 0. The van der Waals surface area contributed by atoms with Gasteiger partial charge in [-0.05, 0) is 71.1 Å². The third kappa shape index (κ3) is 5.94. The normalized spacial score (nSPS) is 27.0. The lowest BCUT2D eigenvalue weighted by Gasteiger charge is -2.56. The number of alkyl carbamates (subject to hydrolysis) is 1. The lowest BCUT2D eigenvalue weighted by molar-refractivity contribution is -0.129. The molecule has 3 fully saturated rings. The Bertz CT molecular complexity index is 1030. The molecule has 1 aromatic rings. The van der Waals surface area contributed by atoms with Crippen molar-refractivity contribution in [2.24, 2.45) is 0 Å². The standard InChI is InChI=1S/C22H31FN2O7S/c1-20(2,3)32-19(28)25-22-9-7-21(8-10-22,12-17(22)26)24-18(27)13-31-15-6-5-14(23)11-16(15)33(4,29)30/h5-6,11,17,26H,7-10,12-13H2,1-4H3,(H,24,27)(H,25,28)/t17-,21?,22?/m0/s1. The molecule has 33 heavy (non-hydrogen) atoms. The van der Waals surface area contributed by atoms with E-state index in [0.717, 1.165) is 18.4 Å². The first-order chi connectivity index (χ1) is 15.1. The highest BCUT2D eigenvalue weighted by atomic mass is 32.2. The van der Waals surface area contributed by atoms with Gasteiger partial charge in [-0.15, -0.1) is 0 Å². The predicted molar refractivity (Wildman–Crippen MR) is 117 cm³/mol. The molecule has 0 unspecified atom stereocenters. The number of hydrogen-bond acceptors (Lipinski definition) is 7. The Morgan fingerprint density at radius 3 is 2.36 bits per heavy atom. The van der Waals surface area contributed by atoms with Gasteiger partial charge in [-0.1, -0.05) is 0 Å². The number of aliphatic hydroxyl groups is 1. The molecular formula is C22H31FN2O7S. The van der Waals surface area contributed by atoms with Crippen LogP contribution in [0.3, 0.4) is 0 Å². The second-order valence-corrected chi connectivity index (χ2v) is 12.0. The van der Waals surface area contributed by atoms with Gasteiger partial charge >= 0.3 is 6.09 Å². The fraction of sp³-hybridized carbons (Fsp3) is 0.636. The second-order valence-electron chi connectivity index (χ2n) is 9.98. The first kappa shape index (κ1) is 25.2. The van der Waals surface area contributed by atoms with Crippen LogP contribution in [-0.4, -0.2) is 61.2 Å². The molecule has 1 aromatic carbocycles. The number of rotatable bonds is 6. The molecule has 0 radical (unpaired) electrons. The van der Waals surface area contributed by atoms with Crippen LogP contribution < -0.4 is 15.4 Å². The lowest BCUT2D eigenvalue weighted by Crippen LogP contribution is -2.70. The molecule has 1 atom stereocenters. The van der Waals surface area contributed by atoms with Gasteiger partial charge in [0.1, 0.15) is 22.1 Å². The van der Waals surface area contributed by atoms with Gasteiger partial charge in [-0.2, -0.15) is 0 Å². The summed E-state index contributed by atoms with van der Waals surface area (Å²) in [5.74, 6) is -1.33. The van der Waals surface area contributed by atoms with Gasteiger partial charge < -0.3 is 25.2 Å². The molecule has 3 saturated carbocycles. The molecule has 3 aliphatic rings. The van der Waals surface area contributed by atoms with Crippen LogP contribution in [-0.2, 0) is 19.4 Å². The van der Waals surface area contributed by atoms with Crippen LogP contribution in [0.5, 0.6) is 5.75 Å². The molecule has 3 aliphatic carbocycles. The van der Waals surface area contributed by atoms with Crippen LogP contribution in [0.2, 0.25) is 0 Å². The van der Waals surface area contributed by atoms with Gasteiger partial charge in [0.15, 0.2) is 16.4 Å². The molecule has 0 spiro atoms. The molecule has 0 saturated heterocycles. The number of benzene rings is 1. The van der Waals surface area contributed by atoms with Crippen LogP contribution in [0.25, 0.3) is 0 Å². The van der Waals surface area contributed by atoms with Crippen molar-refractivity contribution in [3.8, 4) is 5.75 Å². The summed E-state index contributed by atoms with van der Waals surface area (Å²) in [6.07, 6.45) is 1.72. The molecule has 0 aromatic heterocycles. The Labute approximate surface area is 192 Å². The number of carbonyl (C=O) groups is 2. The van der Waals surface area contributed by atoms with E-state index in [9.17, 15) is 27.5 Å². The monoisotopic (exact) mass is 486 g/mol. The Morgan fingerprint density at radius 1 is 1.18 bits per heavy atom. The SMILES string of the molecule is CC(C)(C)OC(=O)NC12CCC(NC(=O)COc3ccc(F)cc3S(C)(=O)=O)(CC1)C[C@@H]2O. The second kappa shape index (κ2) is 8.75. The molecule has 0 aliphatic heterocycles. The maximum Gasteiger partial charge on any atom is 0.408 e. The van der Waals surface area contributed by atoms with Crippen molar-refractivity contribution in [1.29, 1.82) is 0 Å². The molecule has 184 valence electrons. The molecule has 4 rings (SSSR count). The molecule has 0 heterocycles. The van der Waals surface area contributed by atoms with Crippen molar-refractivity contribution in [3.05, 3.63) is 24.0 Å². The lowest BCUT2D eigenvalue weighted by atomic mass is 9.60. The zero-order valence-corrected chi connectivity index (χ0v) is 20.1. The van der Waals surface area contributed by atoms with E-state index in [1.807, 2.05) is 0 Å². The van der Waals surface area contributed by atoms with E-state index < -0.39 is 57.0 Å². The van der Waals surface area contributed by atoms with Crippen LogP contribution in [0.1, 0.15) is 52.9 Å². The highest BCUT2D eigenvalue weighted by Gasteiger charge is 2.55. The Balaban J connectivity index is 1.60. The van der Waals surface area contributed by atoms with Crippen molar-refractivity contribution < 1.29 is 37.0 Å². The van der Waals surface area contributed by atoms with Gasteiger partial charge in [-0.3, -0.25) is 4.79 Å². The highest BCUT2D eigenvalue weighted by Crippen LogP contribution is 2.47. The first-order valence-corrected chi connectivity index (χ1v) is 12.6. The fourth-order valence-electron chi connectivity index (χ4n) is 4.53. The van der Waals surface area contributed by atoms with Gasteiger partial charge in [0.25, 0.3) is 5.91 Å².